The number of nitrogens with two attached hydrogens (primary N) is 1. The molecule has 0 radical (unpaired) electrons. The molecule has 0 bridgehead atoms. The van der Waals surface area contributed by atoms with E-state index in [0.717, 1.165) is 10.0 Å². The monoisotopic (exact) mass is 339 g/mol. The smallest absolute Gasteiger partial charge is 0.277 e. The Bertz CT molecular complexity index is 640. The number of nitrogens with one attached hydrogen (secondary N) is 1. The van der Waals surface area contributed by atoms with Gasteiger partial charge in [-0.25, -0.2) is 0 Å². The number of aryl methyl sites for hydroxylation is 1. The number of nitrogen functional groups attached to an aromatic ring is 1. The van der Waals surface area contributed by atoms with E-state index < -0.39 is 0 Å². The number of hydrogen-bond acceptors (Lipinski definition) is 5. The summed E-state index contributed by atoms with van der Waals surface area (Å²) in [5.41, 5.74) is 8.12. The summed E-state index contributed by atoms with van der Waals surface area (Å²) in [6.45, 7) is 2.15. The standard InChI is InChI=1S/C13H14BrN3O3/c1-7-3-9(14)11(5-10(7)15)16-13(18)12-4-8(6-19-2)20-17-12/h3-5H,6,15H2,1-2H3,(H,16,18). The molecule has 7 heteroatoms. The van der Waals surface area contributed by atoms with Crippen LogP contribution in [0.25, 0.3) is 0 Å². The minimum absolute atomic E-state index is 0.183. The third kappa shape index (κ3) is 3.17. The van der Waals surface area contributed by atoms with Gasteiger partial charge < -0.3 is 20.3 Å². The first-order valence-electron chi connectivity index (χ1n) is 5.82. The van der Waals surface area contributed by atoms with Crippen LogP contribution in [-0.4, -0.2) is 18.2 Å². The largest absolute Gasteiger partial charge is 0.398 e. The highest BCUT2D eigenvalue weighted by atomic mass is 79.9. The maximum absolute atomic E-state index is 12.0. The Morgan fingerprint density at radius 1 is 1.50 bits per heavy atom. The number of amides is 1. The van der Waals surface area contributed by atoms with Gasteiger partial charge in [-0.2, -0.15) is 0 Å². The van der Waals surface area contributed by atoms with Crippen molar-refractivity contribution in [2.75, 3.05) is 18.2 Å². The Hall–Kier alpha value is -1.86. The molecule has 0 unspecified atom stereocenters. The summed E-state index contributed by atoms with van der Waals surface area (Å²) in [6.07, 6.45) is 0. The van der Waals surface area contributed by atoms with Gasteiger partial charge in [0.15, 0.2) is 11.5 Å². The Labute approximate surface area is 124 Å². The van der Waals surface area contributed by atoms with Gasteiger partial charge in [0.2, 0.25) is 0 Å². The van der Waals surface area contributed by atoms with Gasteiger partial charge in [-0.1, -0.05) is 5.16 Å². The number of methoxy groups -OCH3 is 1. The summed E-state index contributed by atoms with van der Waals surface area (Å²) >= 11 is 3.38. The van der Waals surface area contributed by atoms with Crippen molar-refractivity contribution in [1.82, 2.24) is 5.16 Å². The number of hydrogen-bond donors (Lipinski definition) is 2. The second kappa shape index (κ2) is 6.06. The fraction of sp³-hybridized carbons (Fsp3) is 0.231. The molecule has 0 atom stereocenters. The average Bonchev–Trinajstić information content (AvgIpc) is 2.85. The van der Waals surface area contributed by atoms with Crippen LogP contribution < -0.4 is 11.1 Å². The topological polar surface area (TPSA) is 90.4 Å². The molecule has 0 aliphatic rings. The molecule has 0 saturated carbocycles. The molecule has 2 rings (SSSR count). The minimum atomic E-state index is -0.375. The van der Waals surface area contributed by atoms with Gasteiger partial charge in [-0.15, -0.1) is 0 Å². The molecule has 1 heterocycles. The lowest BCUT2D eigenvalue weighted by molar-refractivity contribution is 0.101. The molecule has 0 aliphatic carbocycles. The van der Waals surface area contributed by atoms with E-state index >= 15 is 0 Å². The van der Waals surface area contributed by atoms with Crippen LogP contribution in [0.5, 0.6) is 0 Å². The summed E-state index contributed by atoms with van der Waals surface area (Å²) in [7, 11) is 1.54. The Kier molecular flexibility index (Phi) is 4.41. The van der Waals surface area contributed by atoms with E-state index in [2.05, 4.69) is 26.4 Å². The Balaban J connectivity index is 2.16. The third-order valence-corrected chi connectivity index (χ3v) is 3.34. The lowest BCUT2D eigenvalue weighted by Gasteiger charge is -2.08. The van der Waals surface area contributed by atoms with Crippen molar-refractivity contribution in [3.63, 3.8) is 0 Å². The third-order valence-electron chi connectivity index (χ3n) is 2.68. The molecule has 1 amide bonds. The molecule has 0 fully saturated rings. The highest BCUT2D eigenvalue weighted by Crippen LogP contribution is 2.28. The molecule has 1 aromatic carbocycles. The number of rotatable bonds is 4. The highest BCUT2D eigenvalue weighted by molar-refractivity contribution is 9.10. The van der Waals surface area contributed by atoms with Crippen molar-refractivity contribution in [3.8, 4) is 0 Å². The van der Waals surface area contributed by atoms with Crippen LogP contribution in [-0.2, 0) is 11.3 Å². The molecule has 6 nitrogen and oxygen atoms in total. The average molecular weight is 340 g/mol. The number of carbonyl (C=O) groups excluding carboxylic acids is 1. The number of ether oxygens (including phenoxy) is 1. The quantitative estimate of drug-likeness (QED) is 0.835. The van der Waals surface area contributed by atoms with Gasteiger partial charge >= 0.3 is 0 Å². The zero-order valence-corrected chi connectivity index (χ0v) is 12.7. The van der Waals surface area contributed by atoms with Gasteiger partial charge in [-0.05, 0) is 40.5 Å². The van der Waals surface area contributed by atoms with Gasteiger partial charge in [0, 0.05) is 23.3 Å². The van der Waals surface area contributed by atoms with Crippen molar-refractivity contribution in [3.05, 3.63) is 39.7 Å². The van der Waals surface area contributed by atoms with Crippen molar-refractivity contribution >= 4 is 33.2 Å². The van der Waals surface area contributed by atoms with E-state index in [1.165, 1.54) is 13.2 Å². The second-order valence-corrected chi connectivity index (χ2v) is 5.11. The minimum Gasteiger partial charge on any atom is -0.398 e. The molecule has 20 heavy (non-hydrogen) atoms. The number of halogens is 1. The zero-order chi connectivity index (χ0) is 14.7. The molecule has 0 spiro atoms. The van der Waals surface area contributed by atoms with E-state index in [9.17, 15) is 4.79 Å². The summed E-state index contributed by atoms with van der Waals surface area (Å²) in [6, 6.07) is 5.06. The van der Waals surface area contributed by atoms with Gasteiger partial charge in [0.1, 0.15) is 6.61 Å². The molecular formula is C13H14BrN3O3. The summed E-state index contributed by atoms with van der Waals surface area (Å²) in [5, 5.41) is 6.41. The van der Waals surface area contributed by atoms with E-state index in [-0.39, 0.29) is 18.2 Å². The maximum Gasteiger partial charge on any atom is 0.277 e. The van der Waals surface area contributed by atoms with Crippen LogP contribution in [0.15, 0.2) is 27.2 Å². The van der Waals surface area contributed by atoms with Crippen molar-refractivity contribution in [1.29, 1.82) is 0 Å². The first-order valence-corrected chi connectivity index (χ1v) is 6.62. The lowest BCUT2D eigenvalue weighted by Crippen LogP contribution is -2.13. The first-order chi connectivity index (χ1) is 9.51. The normalized spacial score (nSPS) is 10.6. The van der Waals surface area contributed by atoms with Gasteiger partial charge in [-0.3, -0.25) is 4.79 Å². The number of nitrogens with zero attached hydrogens (tertiary/aromatic N) is 1. The van der Waals surface area contributed by atoms with Crippen molar-refractivity contribution in [2.45, 2.75) is 13.5 Å². The molecular weight excluding hydrogens is 326 g/mol. The van der Waals surface area contributed by atoms with E-state index in [0.29, 0.717) is 17.1 Å². The lowest BCUT2D eigenvalue weighted by atomic mass is 10.2. The fourth-order valence-electron chi connectivity index (χ4n) is 1.60. The molecule has 2 aromatic rings. The summed E-state index contributed by atoms with van der Waals surface area (Å²) in [5.74, 6) is 0.111. The number of benzene rings is 1. The maximum atomic E-state index is 12.0. The van der Waals surface area contributed by atoms with Crippen LogP contribution in [0.4, 0.5) is 11.4 Å². The predicted octanol–water partition coefficient (Wildman–Crippen LogP) is 2.73. The molecule has 106 valence electrons. The van der Waals surface area contributed by atoms with Crippen molar-refractivity contribution in [2.24, 2.45) is 0 Å². The summed E-state index contributed by atoms with van der Waals surface area (Å²) < 4.78 is 10.6. The number of anilines is 2. The van der Waals surface area contributed by atoms with Crippen LogP contribution >= 0.6 is 15.9 Å². The van der Waals surface area contributed by atoms with Crippen LogP contribution in [0.2, 0.25) is 0 Å². The van der Waals surface area contributed by atoms with E-state index in [1.807, 2.05) is 13.0 Å². The van der Waals surface area contributed by atoms with E-state index in [1.54, 1.807) is 6.07 Å². The van der Waals surface area contributed by atoms with Crippen molar-refractivity contribution < 1.29 is 14.1 Å². The van der Waals surface area contributed by atoms with Gasteiger partial charge in [0.05, 0.1) is 5.69 Å². The van der Waals surface area contributed by atoms with Gasteiger partial charge in [0.25, 0.3) is 5.91 Å². The first kappa shape index (κ1) is 14.5. The predicted molar refractivity (Wildman–Crippen MR) is 78.5 cm³/mol. The van der Waals surface area contributed by atoms with Crippen LogP contribution in [0, 0.1) is 6.92 Å². The van der Waals surface area contributed by atoms with Crippen LogP contribution in [0.3, 0.4) is 0 Å². The Morgan fingerprint density at radius 3 is 2.95 bits per heavy atom. The zero-order valence-electron chi connectivity index (χ0n) is 11.1. The number of aromatic nitrogens is 1. The molecule has 1 aromatic heterocycles. The highest BCUT2D eigenvalue weighted by Gasteiger charge is 2.14. The van der Waals surface area contributed by atoms with E-state index in [4.69, 9.17) is 15.0 Å². The summed E-state index contributed by atoms with van der Waals surface area (Å²) in [4.78, 5) is 12.0. The second-order valence-electron chi connectivity index (χ2n) is 4.25. The fourth-order valence-corrected chi connectivity index (χ4v) is 2.16. The Morgan fingerprint density at radius 2 is 2.25 bits per heavy atom. The van der Waals surface area contributed by atoms with Crippen LogP contribution in [0.1, 0.15) is 21.8 Å². The molecule has 3 N–H and O–H groups in total. The number of carbonyl (C=O) groups is 1. The molecule has 0 saturated heterocycles. The SMILES string of the molecule is COCc1cc(C(=O)Nc2cc(N)c(C)cc2Br)no1. The molecule has 0 aliphatic heterocycles.